The van der Waals surface area contributed by atoms with Crippen molar-refractivity contribution in [1.29, 1.82) is 0 Å². The van der Waals surface area contributed by atoms with Crippen molar-refractivity contribution in [2.24, 2.45) is 0 Å². The summed E-state index contributed by atoms with van der Waals surface area (Å²) in [6, 6.07) is 20.6. The van der Waals surface area contributed by atoms with Crippen LogP contribution in [0, 0.1) is 11.6 Å². The van der Waals surface area contributed by atoms with Gasteiger partial charge in [0.15, 0.2) is 0 Å². The molecule has 2 N–H and O–H groups in total. The normalized spacial score (nSPS) is 16.1. The van der Waals surface area contributed by atoms with Crippen LogP contribution in [0.2, 0.25) is 5.02 Å². The van der Waals surface area contributed by atoms with Crippen molar-refractivity contribution in [2.45, 2.75) is 32.1 Å². The number of ether oxygens (including phenoxy) is 2. The van der Waals surface area contributed by atoms with E-state index in [4.69, 9.17) is 21.1 Å². The van der Waals surface area contributed by atoms with E-state index in [1.807, 2.05) is 9.80 Å². The third-order valence-corrected chi connectivity index (χ3v) is 10.3. The molecule has 7 rings (SSSR count). The Morgan fingerprint density at radius 3 is 1.80 bits per heavy atom. The van der Waals surface area contributed by atoms with Crippen LogP contribution in [-0.2, 0) is 4.74 Å². The first-order valence-corrected chi connectivity index (χ1v) is 19.3. The van der Waals surface area contributed by atoms with Gasteiger partial charge in [-0.2, -0.15) is 10.0 Å². The van der Waals surface area contributed by atoms with Crippen molar-refractivity contribution >= 4 is 57.8 Å². The Hall–Kier alpha value is -5.11. The average molecular weight is 774 g/mol. The number of urea groups is 2. The number of hydrazine groups is 1. The first-order valence-electron chi connectivity index (χ1n) is 18.9. The summed E-state index contributed by atoms with van der Waals surface area (Å²) >= 11 is 6.24. The quantitative estimate of drug-likeness (QED) is 0.156. The minimum Gasteiger partial charge on any atom is -0.492 e. The van der Waals surface area contributed by atoms with Crippen LogP contribution in [0.4, 0.5) is 52.5 Å². The minimum absolute atomic E-state index is 0.0829. The van der Waals surface area contributed by atoms with Crippen LogP contribution in [0.1, 0.15) is 32.1 Å². The lowest BCUT2D eigenvalue weighted by molar-refractivity contribution is 0.0322. The molecule has 3 heterocycles. The summed E-state index contributed by atoms with van der Waals surface area (Å²) in [5.41, 5.74) is 1.81. The van der Waals surface area contributed by atoms with Gasteiger partial charge in [-0.05, 0) is 111 Å². The molecule has 0 unspecified atom stereocenters. The summed E-state index contributed by atoms with van der Waals surface area (Å²) in [7, 11) is 0. The smallest absolute Gasteiger partial charge is 0.345 e. The number of benzene rings is 4. The van der Waals surface area contributed by atoms with Crippen LogP contribution in [0.25, 0.3) is 0 Å². The van der Waals surface area contributed by atoms with Gasteiger partial charge in [0.2, 0.25) is 0 Å². The van der Waals surface area contributed by atoms with E-state index >= 15 is 8.78 Å². The Morgan fingerprint density at radius 2 is 1.18 bits per heavy atom. The van der Waals surface area contributed by atoms with Crippen molar-refractivity contribution in [3.05, 3.63) is 102 Å². The van der Waals surface area contributed by atoms with Crippen LogP contribution in [0.15, 0.2) is 84.9 Å². The number of anilines is 6. The van der Waals surface area contributed by atoms with Crippen LogP contribution in [-0.4, -0.2) is 82.6 Å². The third-order valence-electron chi connectivity index (χ3n) is 10.1. The molecule has 14 heteroatoms. The summed E-state index contributed by atoms with van der Waals surface area (Å²) in [6.07, 6.45) is 4.97. The van der Waals surface area contributed by atoms with Crippen LogP contribution < -0.4 is 35.2 Å². The lowest BCUT2D eigenvalue weighted by Crippen LogP contribution is -2.54. The van der Waals surface area contributed by atoms with Gasteiger partial charge < -0.3 is 29.9 Å². The van der Waals surface area contributed by atoms with Gasteiger partial charge in [-0.25, -0.2) is 18.4 Å². The summed E-state index contributed by atoms with van der Waals surface area (Å²) in [5, 5.41) is 8.17. The first-order chi connectivity index (χ1) is 26.8. The lowest BCUT2D eigenvalue weighted by atomic mass is 10.1. The van der Waals surface area contributed by atoms with Crippen LogP contribution >= 0.6 is 11.6 Å². The number of hydrogen-bond acceptors (Lipinski definition) is 7. The molecule has 0 aliphatic carbocycles. The number of rotatable bonds is 10. The standard InChI is InChI=1S/C41H46ClF2N7O4/c42-30-6-11-33(12-7-30)50(41(53)46-32-10-16-38(36(43)28-32)49-20-4-5-21-49)51(34-13-17-39(37(44)29-34)48-18-2-1-3-19-48)40(52)45-31-8-14-35(15-9-31)55-27-24-47-22-25-54-26-23-47/h6-17,28-29H,1-5,18-27H2,(H,45,52)(H,46,53). The number of halogens is 3. The molecule has 0 spiro atoms. The molecule has 4 aromatic carbocycles. The Labute approximate surface area is 325 Å². The van der Waals surface area contributed by atoms with Crippen molar-refractivity contribution in [1.82, 2.24) is 4.90 Å². The van der Waals surface area contributed by atoms with Crippen molar-refractivity contribution in [3.8, 4) is 5.75 Å². The van der Waals surface area contributed by atoms with E-state index in [1.165, 1.54) is 12.1 Å². The van der Waals surface area contributed by atoms with Gasteiger partial charge in [0.25, 0.3) is 0 Å². The van der Waals surface area contributed by atoms with Gasteiger partial charge in [-0.3, -0.25) is 4.90 Å². The summed E-state index contributed by atoms with van der Waals surface area (Å²) in [6.45, 7) is 7.37. The molecule has 11 nitrogen and oxygen atoms in total. The zero-order valence-corrected chi connectivity index (χ0v) is 31.4. The fourth-order valence-corrected chi connectivity index (χ4v) is 7.28. The predicted octanol–water partition coefficient (Wildman–Crippen LogP) is 8.61. The monoisotopic (exact) mass is 773 g/mol. The predicted molar refractivity (Wildman–Crippen MR) is 214 cm³/mol. The molecule has 4 amide bonds. The Balaban J connectivity index is 1.17. The van der Waals surface area contributed by atoms with Gasteiger partial charge >= 0.3 is 12.1 Å². The molecule has 4 aromatic rings. The Morgan fingerprint density at radius 1 is 0.655 bits per heavy atom. The second-order valence-electron chi connectivity index (χ2n) is 13.8. The molecule has 3 fully saturated rings. The van der Waals surface area contributed by atoms with E-state index in [1.54, 1.807) is 72.8 Å². The summed E-state index contributed by atoms with van der Waals surface area (Å²) < 4.78 is 42.8. The zero-order chi connectivity index (χ0) is 38.1. The van der Waals surface area contributed by atoms with E-state index in [0.717, 1.165) is 87.9 Å². The molecule has 0 saturated carbocycles. The zero-order valence-electron chi connectivity index (χ0n) is 30.7. The van der Waals surface area contributed by atoms with Gasteiger partial charge in [-0.1, -0.05) is 11.6 Å². The number of morpholine rings is 1. The molecular weight excluding hydrogens is 728 g/mol. The Kier molecular flexibility index (Phi) is 12.5. The maximum absolute atomic E-state index is 16.0. The number of nitrogens with zero attached hydrogens (tertiary/aromatic N) is 5. The maximum Gasteiger partial charge on any atom is 0.345 e. The molecule has 0 aromatic heterocycles. The van der Waals surface area contributed by atoms with Crippen molar-refractivity contribution < 1.29 is 27.8 Å². The molecule has 0 bridgehead atoms. The summed E-state index contributed by atoms with van der Waals surface area (Å²) in [5.74, 6) is -0.383. The highest BCUT2D eigenvalue weighted by atomic mass is 35.5. The van der Waals surface area contributed by atoms with Crippen molar-refractivity contribution in [3.63, 3.8) is 0 Å². The van der Waals surface area contributed by atoms with E-state index in [-0.39, 0.29) is 17.1 Å². The highest BCUT2D eigenvalue weighted by molar-refractivity contribution is 6.30. The minimum atomic E-state index is -0.796. The number of amides is 4. The molecule has 0 atom stereocenters. The van der Waals surface area contributed by atoms with Gasteiger partial charge in [-0.15, -0.1) is 0 Å². The number of nitrogens with one attached hydrogen (secondary N) is 2. The van der Waals surface area contributed by atoms with E-state index in [2.05, 4.69) is 15.5 Å². The molecule has 290 valence electrons. The highest BCUT2D eigenvalue weighted by Gasteiger charge is 2.32. The van der Waals surface area contributed by atoms with E-state index < -0.39 is 23.7 Å². The second-order valence-corrected chi connectivity index (χ2v) is 14.3. The number of carbonyl (C=O) groups excluding carboxylic acids is 2. The fraction of sp³-hybridized carbons (Fsp3) is 0.366. The highest BCUT2D eigenvalue weighted by Crippen LogP contribution is 2.32. The number of hydrogen-bond donors (Lipinski definition) is 2. The molecule has 55 heavy (non-hydrogen) atoms. The fourth-order valence-electron chi connectivity index (χ4n) is 7.15. The second kappa shape index (κ2) is 18.0. The third kappa shape index (κ3) is 9.59. The largest absolute Gasteiger partial charge is 0.492 e. The molecule has 0 radical (unpaired) electrons. The topological polar surface area (TPSA) is 92.9 Å². The van der Waals surface area contributed by atoms with Gasteiger partial charge in [0.05, 0.1) is 36.0 Å². The maximum atomic E-state index is 16.0. The van der Waals surface area contributed by atoms with E-state index in [0.29, 0.717) is 47.7 Å². The van der Waals surface area contributed by atoms with Crippen LogP contribution in [0.3, 0.4) is 0 Å². The molecule has 3 saturated heterocycles. The van der Waals surface area contributed by atoms with E-state index in [9.17, 15) is 9.59 Å². The molecular formula is C41H46ClF2N7O4. The average Bonchev–Trinajstić information content (AvgIpc) is 3.74. The van der Waals surface area contributed by atoms with Gasteiger partial charge in [0, 0.05) is 68.3 Å². The van der Waals surface area contributed by atoms with Gasteiger partial charge in [0.1, 0.15) is 24.0 Å². The summed E-state index contributed by atoms with van der Waals surface area (Å²) in [4.78, 5) is 35.1. The lowest BCUT2D eigenvalue weighted by Gasteiger charge is -2.35. The Bertz CT molecular complexity index is 1920. The molecule has 3 aliphatic rings. The number of piperidine rings is 1. The first kappa shape index (κ1) is 38.2. The van der Waals surface area contributed by atoms with Crippen LogP contribution in [0.5, 0.6) is 5.75 Å². The number of carbonyl (C=O) groups is 2. The van der Waals surface area contributed by atoms with Crippen molar-refractivity contribution in [2.75, 3.05) is 96.1 Å². The molecule has 3 aliphatic heterocycles. The SMILES string of the molecule is O=C(Nc1ccc(N2CCCC2)c(F)c1)N(c1ccc(Cl)cc1)N(C(=O)Nc1ccc(OCCN2CCOCC2)cc1)c1ccc(N2CCCCC2)c(F)c1.